The van der Waals surface area contributed by atoms with Gasteiger partial charge in [-0.2, -0.15) is 0 Å². The van der Waals surface area contributed by atoms with Gasteiger partial charge in [-0.25, -0.2) is 0 Å². The molecule has 0 radical (unpaired) electrons. The Bertz CT molecular complexity index is 416. The van der Waals surface area contributed by atoms with Gasteiger partial charge in [0.1, 0.15) is 0 Å². The Balaban J connectivity index is 2.22. The third-order valence-electron chi connectivity index (χ3n) is 4.79. The van der Waals surface area contributed by atoms with Gasteiger partial charge in [-0.15, -0.1) is 0 Å². The second kappa shape index (κ2) is 7.12. The Kier molecular flexibility index (Phi) is 5.47. The molecular weight excluding hydrogens is 244 g/mol. The van der Waals surface area contributed by atoms with Gasteiger partial charge in [0.05, 0.1) is 0 Å². The first-order chi connectivity index (χ1) is 9.65. The standard InChI is InChI=1S/C18H30N2/c1-5-12-19-15(3)17-10-6-7-11-18(17)20-13-8-9-14(2)16(20)4/h6-7,10-11,14-16,19H,5,8-9,12-13H2,1-4H3. The molecule has 0 spiro atoms. The number of anilines is 1. The van der Waals surface area contributed by atoms with Crippen molar-refractivity contribution in [3.63, 3.8) is 0 Å². The van der Waals surface area contributed by atoms with Crippen LogP contribution in [0.15, 0.2) is 24.3 Å². The maximum atomic E-state index is 3.63. The summed E-state index contributed by atoms with van der Waals surface area (Å²) in [6, 6.07) is 10.00. The zero-order chi connectivity index (χ0) is 14.5. The Labute approximate surface area is 124 Å². The highest BCUT2D eigenvalue weighted by Crippen LogP contribution is 2.33. The quantitative estimate of drug-likeness (QED) is 0.857. The van der Waals surface area contributed by atoms with Gasteiger partial charge in [0, 0.05) is 24.3 Å². The van der Waals surface area contributed by atoms with Crippen molar-refractivity contribution in [2.75, 3.05) is 18.0 Å². The number of benzene rings is 1. The fourth-order valence-corrected chi connectivity index (χ4v) is 3.26. The SMILES string of the molecule is CCCNC(C)c1ccccc1N1CCCC(C)C1C. The Hall–Kier alpha value is -1.02. The molecule has 1 aromatic rings. The Morgan fingerprint density at radius 3 is 2.80 bits per heavy atom. The molecule has 1 heterocycles. The molecule has 1 aliphatic heterocycles. The molecule has 1 aliphatic rings. The molecule has 0 aliphatic carbocycles. The van der Waals surface area contributed by atoms with Crippen LogP contribution in [-0.4, -0.2) is 19.1 Å². The van der Waals surface area contributed by atoms with E-state index in [0.717, 1.165) is 12.5 Å². The van der Waals surface area contributed by atoms with Gasteiger partial charge in [0.25, 0.3) is 0 Å². The summed E-state index contributed by atoms with van der Waals surface area (Å²) in [4.78, 5) is 2.62. The van der Waals surface area contributed by atoms with E-state index in [1.54, 1.807) is 0 Å². The molecule has 3 unspecified atom stereocenters. The smallest absolute Gasteiger partial charge is 0.0417 e. The lowest BCUT2D eigenvalue weighted by atomic mass is 9.90. The number of rotatable bonds is 5. The summed E-state index contributed by atoms with van der Waals surface area (Å²) in [6.07, 6.45) is 3.86. The Morgan fingerprint density at radius 2 is 2.05 bits per heavy atom. The second-order valence-electron chi connectivity index (χ2n) is 6.29. The fraction of sp³-hybridized carbons (Fsp3) is 0.667. The van der Waals surface area contributed by atoms with Crippen molar-refractivity contribution in [3.05, 3.63) is 29.8 Å². The zero-order valence-corrected chi connectivity index (χ0v) is 13.5. The first-order valence-electron chi connectivity index (χ1n) is 8.24. The lowest BCUT2D eigenvalue weighted by molar-refractivity contribution is 0.362. The first-order valence-corrected chi connectivity index (χ1v) is 8.24. The Morgan fingerprint density at radius 1 is 1.30 bits per heavy atom. The molecule has 1 aromatic carbocycles. The molecule has 0 aromatic heterocycles. The summed E-state index contributed by atoms with van der Waals surface area (Å²) in [5, 5.41) is 3.63. The molecule has 1 saturated heterocycles. The number of hydrogen-bond acceptors (Lipinski definition) is 2. The second-order valence-corrected chi connectivity index (χ2v) is 6.29. The lowest BCUT2D eigenvalue weighted by Crippen LogP contribution is -2.43. The molecule has 1 N–H and O–H groups in total. The first kappa shape index (κ1) is 15.4. The van der Waals surface area contributed by atoms with Gasteiger partial charge in [-0.05, 0) is 57.2 Å². The van der Waals surface area contributed by atoms with Gasteiger partial charge < -0.3 is 10.2 Å². The number of para-hydroxylation sites is 1. The molecule has 20 heavy (non-hydrogen) atoms. The molecule has 2 heteroatoms. The van der Waals surface area contributed by atoms with Crippen LogP contribution in [-0.2, 0) is 0 Å². The number of nitrogens with zero attached hydrogens (tertiary/aromatic N) is 1. The van der Waals surface area contributed by atoms with Crippen LogP contribution in [0, 0.1) is 5.92 Å². The average molecular weight is 274 g/mol. The van der Waals surface area contributed by atoms with Crippen molar-refractivity contribution >= 4 is 5.69 Å². The van der Waals surface area contributed by atoms with Crippen molar-refractivity contribution in [1.29, 1.82) is 0 Å². The fourth-order valence-electron chi connectivity index (χ4n) is 3.26. The summed E-state index contributed by atoms with van der Waals surface area (Å²) in [5.74, 6) is 0.788. The number of hydrogen-bond donors (Lipinski definition) is 1. The average Bonchev–Trinajstić information content (AvgIpc) is 2.47. The summed E-state index contributed by atoms with van der Waals surface area (Å²) >= 11 is 0. The summed E-state index contributed by atoms with van der Waals surface area (Å²) in [5.41, 5.74) is 2.88. The number of nitrogens with one attached hydrogen (secondary N) is 1. The van der Waals surface area contributed by atoms with Crippen molar-refractivity contribution in [2.24, 2.45) is 5.92 Å². The van der Waals surface area contributed by atoms with Gasteiger partial charge in [-0.3, -0.25) is 0 Å². The molecule has 2 rings (SSSR count). The molecule has 1 fully saturated rings. The highest BCUT2D eigenvalue weighted by atomic mass is 15.2. The van der Waals surface area contributed by atoms with Crippen molar-refractivity contribution < 1.29 is 0 Å². The van der Waals surface area contributed by atoms with E-state index in [4.69, 9.17) is 0 Å². The van der Waals surface area contributed by atoms with Gasteiger partial charge >= 0.3 is 0 Å². The van der Waals surface area contributed by atoms with Gasteiger partial charge in [0.15, 0.2) is 0 Å². The van der Waals surface area contributed by atoms with Crippen LogP contribution in [0.4, 0.5) is 5.69 Å². The van der Waals surface area contributed by atoms with E-state index in [1.807, 2.05) is 0 Å². The van der Waals surface area contributed by atoms with Crippen molar-refractivity contribution in [2.45, 2.75) is 59.0 Å². The maximum Gasteiger partial charge on any atom is 0.0417 e. The van der Waals surface area contributed by atoms with Crippen LogP contribution >= 0.6 is 0 Å². The molecular formula is C18H30N2. The van der Waals surface area contributed by atoms with Crippen LogP contribution in [0.3, 0.4) is 0 Å². The van der Waals surface area contributed by atoms with E-state index >= 15 is 0 Å². The summed E-state index contributed by atoms with van der Waals surface area (Å²) < 4.78 is 0. The minimum atomic E-state index is 0.426. The van der Waals surface area contributed by atoms with Gasteiger partial charge in [0.2, 0.25) is 0 Å². The lowest BCUT2D eigenvalue weighted by Gasteiger charge is -2.41. The highest BCUT2D eigenvalue weighted by molar-refractivity contribution is 5.56. The molecule has 2 nitrogen and oxygen atoms in total. The maximum absolute atomic E-state index is 3.63. The van der Waals surface area contributed by atoms with Crippen LogP contribution < -0.4 is 10.2 Å². The van der Waals surface area contributed by atoms with Crippen LogP contribution in [0.5, 0.6) is 0 Å². The van der Waals surface area contributed by atoms with E-state index in [1.165, 1.54) is 37.1 Å². The predicted octanol–water partition coefficient (Wildman–Crippen LogP) is 4.37. The van der Waals surface area contributed by atoms with E-state index in [2.05, 4.69) is 62.2 Å². The van der Waals surface area contributed by atoms with Crippen LogP contribution in [0.2, 0.25) is 0 Å². The third kappa shape index (κ3) is 3.35. The van der Waals surface area contributed by atoms with E-state index in [0.29, 0.717) is 12.1 Å². The monoisotopic (exact) mass is 274 g/mol. The highest BCUT2D eigenvalue weighted by Gasteiger charge is 2.26. The van der Waals surface area contributed by atoms with E-state index < -0.39 is 0 Å². The normalized spacial score (nSPS) is 24.7. The van der Waals surface area contributed by atoms with E-state index in [9.17, 15) is 0 Å². The molecule has 0 saturated carbocycles. The molecule has 3 atom stereocenters. The minimum absolute atomic E-state index is 0.426. The summed E-state index contributed by atoms with van der Waals surface area (Å²) in [6.45, 7) is 11.6. The number of piperidine rings is 1. The predicted molar refractivity (Wildman–Crippen MR) is 88.4 cm³/mol. The van der Waals surface area contributed by atoms with Crippen molar-refractivity contribution in [1.82, 2.24) is 5.32 Å². The largest absolute Gasteiger partial charge is 0.368 e. The van der Waals surface area contributed by atoms with Crippen molar-refractivity contribution in [3.8, 4) is 0 Å². The molecule has 0 amide bonds. The van der Waals surface area contributed by atoms with Gasteiger partial charge in [-0.1, -0.05) is 32.0 Å². The van der Waals surface area contributed by atoms with Crippen LogP contribution in [0.1, 0.15) is 58.6 Å². The zero-order valence-electron chi connectivity index (χ0n) is 13.5. The topological polar surface area (TPSA) is 15.3 Å². The van der Waals surface area contributed by atoms with E-state index in [-0.39, 0.29) is 0 Å². The van der Waals surface area contributed by atoms with Crippen LogP contribution in [0.25, 0.3) is 0 Å². The summed E-state index contributed by atoms with van der Waals surface area (Å²) in [7, 11) is 0. The third-order valence-corrected chi connectivity index (χ3v) is 4.79. The molecule has 112 valence electrons. The minimum Gasteiger partial charge on any atom is -0.368 e. The molecule has 0 bridgehead atoms.